The van der Waals surface area contributed by atoms with Gasteiger partial charge in [-0.2, -0.15) is 28.9 Å². The molecule has 0 radical (unpaired) electrons. The van der Waals surface area contributed by atoms with E-state index in [-0.39, 0.29) is 20.1 Å². The second kappa shape index (κ2) is 20.9. The molecule has 5 nitrogen and oxygen atoms in total. The normalized spacial score (nSPS) is 11.0. The summed E-state index contributed by atoms with van der Waals surface area (Å²) in [5, 5.41) is 4.39. The van der Waals surface area contributed by atoms with Gasteiger partial charge in [0.1, 0.15) is 0 Å². The van der Waals surface area contributed by atoms with Crippen LogP contribution in [0.4, 0.5) is 0 Å². The molecule has 0 saturated carbocycles. The van der Waals surface area contributed by atoms with Crippen LogP contribution in [0.15, 0.2) is 231 Å². The van der Waals surface area contributed by atoms with Crippen LogP contribution in [0.1, 0.15) is 22.3 Å². The van der Waals surface area contributed by atoms with Crippen LogP contribution in [0.5, 0.6) is 0 Å². The first-order chi connectivity index (χ1) is 33.7. The van der Waals surface area contributed by atoms with Gasteiger partial charge in [0.15, 0.2) is 0 Å². The molecule has 3 aromatic heterocycles. The van der Waals surface area contributed by atoms with Crippen LogP contribution in [-0.4, -0.2) is 24.3 Å². The van der Waals surface area contributed by atoms with Crippen molar-refractivity contribution in [3.8, 4) is 78.5 Å². The third-order valence-corrected chi connectivity index (χ3v) is 12.6. The van der Waals surface area contributed by atoms with Crippen molar-refractivity contribution in [1.29, 1.82) is 0 Å². The molecule has 332 valence electrons. The zero-order valence-corrected chi connectivity index (χ0v) is 40.2. The summed E-state index contributed by atoms with van der Waals surface area (Å²) in [6, 6.07) is 81.7. The van der Waals surface area contributed by atoms with Gasteiger partial charge in [0.25, 0.3) is 0 Å². The number of aryl methyl sites for hydroxylation is 4. The van der Waals surface area contributed by atoms with Crippen molar-refractivity contribution in [3.63, 3.8) is 0 Å². The summed E-state index contributed by atoms with van der Waals surface area (Å²) in [4.78, 5) is 9.40. The van der Waals surface area contributed by atoms with E-state index in [0.717, 1.165) is 82.0 Å². The Balaban J connectivity index is 0.00000553. The number of nitrogens with zero attached hydrogens (tertiary/aromatic N) is 5. The molecule has 8 aromatic carbocycles. The Bertz CT molecular complexity index is 3400. The summed E-state index contributed by atoms with van der Waals surface area (Å²) in [5.41, 5.74) is 19.2. The van der Waals surface area contributed by atoms with Gasteiger partial charge in [-0.15, -0.1) is 65.2 Å². The first-order valence-electron chi connectivity index (χ1n) is 23.1. The number of rotatable bonds is 14. The van der Waals surface area contributed by atoms with E-state index in [0.29, 0.717) is 0 Å². The second-order valence-corrected chi connectivity index (χ2v) is 17.0. The minimum Gasteiger partial charge on any atom is -0.340 e. The first kappa shape index (κ1) is 44.8. The number of pyridine rings is 1. The Morgan fingerprint density at radius 1 is 0.391 bits per heavy atom. The molecule has 0 atom stereocenters. The molecule has 0 bridgehead atoms. The Morgan fingerprint density at radius 3 is 1.72 bits per heavy atom. The molecule has 69 heavy (non-hydrogen) atoms. The van der Waals surface area contributed by atoms with E-state index in [9.17, 15) is 0 Å². The van der Waals surface area contributed by atoms with E-state index in [1.165, 1.54) is 44.5 Å². The van der Waals surface area contributed by atoms with Crippen molar-refractivity contribution in [3.05, 3.63) is 272 Å². The molecule has 0 aliphatic carbocycles. The van der Waals surface area contributed by atoms with Gasteiger partial charge >= 0.3 is 20.1 Å². The van der Waals surface area contributed by atoms with Crippen LogP contribution in [0.25, 0.3) is 78.5 Å². The third-order valence-electron chi connectivity index (χ3n) is 12.6. The van der Waals surface area contributed by atoms with Gasteiger partial charge < -0.3 is 9.55 Å². The van der Waals surface area contributed by atoms with Crippen LogP contribution in [0.3, 0.4) is 0 Å². The fourth-order valence-electron chi connectivity index (χ4n) is 9.06. The van der Waals surface area contributed by atoms with Crippen LogP contribution in [0.2, 0.25) is 0 Å². The standard InChI is InChI=1S/C63H46N5.Ir/c1-3-12-50(13-4-1)51-29-31-52(32-30-51)61-45-54(62-18-9-10-37-64-62)33-36-60(61)59-17-8-7-16-58(59)55-43-48(42-49(44-55)22-20-47-25-34-57(35-26-47)68-40-11-38-66-68)21-19-46-23-27-53(28-24-46)63-65-39-41-67(63)56-14-5-2-6-15-56;/h1-18,23-27,29-32,34,36-45H,19-22H2;/q-3;+3. The molecule has 11 aromatic rings. The van der Waals surface area contributed by atoms with E-state index < -0.39 is 0 Å². The van der Waals surface area contributed by atoms with Crippen molar-refractivity contribution in [2.75, 3.05) is 0 Å². The summed E-state index contributed by atoms with van der Waals surface area (Å²) in [6.07, 6.45) is 13.0. The summed E-state index contributed by atoms with van der Waals surface area (Å²) >= 11 is 0. The van der Waals surface area contributed by atoms with Crippen LogP contribution in [0, 0.1) is 18.2 Å². The molecule has 0 N–H and O–H groups in total. The zero-order chi connectivity index (χ0) is 45.5. The van der Waals surface area contributed by atoms with Crippen molar-refractivity contribution in [1.82, 2.24) is 24.3 Å². The topological polar surface area (TPSA) is 48.5 Å². The molecule has 0 fully saturated rings. The fourth-order valence-corrected chi connectivity index (χ4v) is 9.06. The minimum atomic E-state index is 0. The molecule has 0 spiro atoms. The molecule has 0 saturated heterocycles. The maximum Gasteiger partial charge on any atom is 3.00 e. The van der Waals surface area contributed by atoms with Gasteiger partial charge in [-0.1, -0.05) is 157 Å². The Hall–Kier alpha value is -8.02. The predicted octanol–water partition coefficient (Wildman–Crippen LogP) is 14.4. The number of hydrogen-bond acceptors (Lipinski definition) is 3. The van der Waals surface area contributed by atoms with Crippen molar-refractivity contribution in [2.24, 2.45) is 0 Å². The zero-order valence-electron chi connectivity index (χ0n) is 37.8. The monoisotopic (exact) mass is 1070 g/mol. The van der Waals surface area contributed by atoms with Gasteiger partial charge in [-0.05, 0) is 87.4 Å². The fraction of sp³-hybridized carbons (Fsp3) is 0.0635. The number of para-hydroxylation sites is 1. The van der Waals surface area contributed by atoms with Crippen molar-refractivity contribution < 1.29 is 20.1 Å². The van der Waals surface area contributed by atoms with Gasteiger partial charge in [0.2, 0.25) is 0 Å². The van der Waals surface area contributed by atoms with E-state index >= 15 is 0 Å². The summed E-state index contributed by atoms with van der Waals surface area (Å²) in [5.74, 6) is 0.878. The number of imidazole rings is 1. The smallest absolute Gasteiger partial charge is 0.340 e. The third kappa shape index (κ3) is 10.1. The number of hydrogen-bond donors (Lipinski definition) is 0. The summed E-state index contributed by atoms with van der Waals surface area (Å²) < 4.78 is 3.95. The van der Waals surface area contributed by atoms with E-state index in [2.05, 4.69) is 186 Å². The van der Waals surface area contributed by atoms with Crippen molar-refractivity contribution in [2.45, 2.75) is 25.7 Å². The quantitative estimate of drug-likeness (QED) is 0.102. The van der Waals surface area contributed by atoms with Gasteiger partial charge in [-0.25, -0.2) is 0 Å². The van der Waals surface area contributed by atoms with E-state index in [1.54, 1.807) is 6.20 Å². The summed E-state index contributed by atoms with van der Waals surface area (Å²) in [6.45, 7) is 0. The largest absolute Gasteiger partial charge is 3.00 e. The predicted molar refractivity (Wildman–Crippen MR) is 275 cm³/mol. The van der Waals surface area contributed by atoms with Crippen LogP contribution < -0.4 is 0 Å². The molecule has 0 amide bonds. The molecule has 0 unspecified atom stereocenters. The molecule has 3 heterocycles. The number of benzene rings is 8. The number of aromatic nitrogens is 5. The summed E-state index contributed by atoms with van der Waals surface area (Å²) in [7, 11) is 0. The van der Waals surface area contributed by atoms with E-state index in [4.69, 9.17) is 9.97 Å². The van der Waals surface area contributed by atoms with Gasteiger partial charge in [-0.3, -0.25) is 9.67 Å². The Kier molecular flexibility index (Phi) is 13.6. The minimum absolute atomic E-state index is 0. The second-order valence-electron chi connectivity index (χ2n) is 17.0. The molecule has 11 rings (SSSR count). The molecular weight excluding hydrogens is 1020 g/mol. The Morgan fingerprint density at radius 2 is 1.04 bits per heavy atom. The maximum absolute atomic E-state index is 4.71. The molecule has 0 aliphatic heterocycles. The average molecular weight is 1070 g/mol. The molecule has 6 heteroatoms. The van der Waals surface area contributed by atoms with E-state index in [1.807, 2.05) is 71.9 Å². The van der Waals surface area contributed by atoms with Crippen LogP contribution in [-0.2, 0) is 45.8 Å². The molecule has 0 aliphatic rings. The van der Waals surface area contributed by atoms with Crippen LogP contribution >= 0.6 is 0 Å². The van der Waals surface area contributed by atoms with Gasteiger partial charge in [0, 0.05) is 36.7 Å². The SMILES string of the molecule is [Ir+3].[c-]1cc(-c2ccccc2-c2cc(CCc3c[c-]c(-c4nccn4-c4ccccc4)cc3)cc(CCc3c[c-]c(-n4cccn4)cc3)c2)c(-c2ccc(-c3ccccc3)cc2)cc1-c1ccccn1. The Labute approximate surface area is 417 Å². The van der Waals surface area contributed by atoms with Crippen molar-refractivity contribution >= 4 is 0 Å². The average Bonchev–Trinajstić information content (AvgIpc) is 4.15. The first-order valence-corrected chi connectivity index (χ1v) is 23.1. The maximum atomic E-state index is 4.71. The molecular formula is C63H46IrN5. The van der Waals surface area contributed by atoms with Gasteiger partial charge in [0.05, 0.1) is 5.82 Å².